The highest BCUT2D eigenvalue weighted by Gasteiger charge is 2.41. The molecule has 6 heteroatoms. The van der Waals surface area contributed by atoms with E-state index in [1.165, 1.54) is 0 Å². The van der Waals surface area contributed by atoms with Gasteiger partial charge in [0, 0.05) is 5.25 Å². The maximum atomic E-state index is 11.7. The molecule has 0 saturated heterocycles. The van der Waals surface area contributed by atoms with E-state index in [-0.39, 0.29) is 16.3 Å². The summed E-state index contributed by atoms with van der Waals surface area (Å²) in [5, 5.41) is 8.34. The predicted octanol–water partition coefficient (Wildman–Crippen LogP) is 1.24. The quantitative estimate of drug-likeness (QED) is 0.345. The van der Waals surface area contributed by atoms with E-state index in [0.29, 0.717) is 0 Å². The molecule has 14 heavy (non-hydrogen) atoms. The lowest BCUT2D eigenvalue weighted by Gasteiger charge is -2.36. The van der Waals surface area contributed by atoms with E-state index in [2.05, 4.69) is 4.98 Å². The summed E-state index contributed by atoms with van der Waals surface area (Å²) < 4.78 is 16.8. The molecule has 3 atom stereocenters. The zero-order chi connectivity index (χ0) is 10.1. The Balaban J connectivity index is 2.34. The van der Waals surface area contributed by atoms with Gasteiger partial charge in [0.2, 0.25) is 5.39 Å². The van der Waals surface area contributed by atoms with Gasteiger partial charge in [0.05, 0.1) is 0 Å². The summed E-state index contributed by atoms with van der Waals surface area (Å²) in [7, 11) is -1.50. The molecule has 0 amide bonds. The summed E-state index contributed by atoms with van der Waals surface area (Å²) in [5.41, 5.74) is 0. The van der Waals surface area contributed by atoms with Crippen LogP contribution in [0.3, 0.4) is 0 Å². The summed E-state index contributed by atoms with van der Waals surface area (Å²) in [6, 6.07) is 0. The molecule has 0 aromatic carbocycles. The molecule has 0 bridgehead atoms. The van der Waals surface area contributed by atoms with Crippen LogP contribution in [-0.2, 0) is 9.53 Å². The number of ether oxygens (including phenoxy) is 1. The van der Waals surface area contributed by atoms with Gasteiger partial charge in [-0.3, -0.25) is 0 Å². The van der Waals surface area contributed by atoms with Crippen LogP contribution < -0.4 is 0 Å². The van der Waals surface area contributed by atoms with Crippen molar-refractivity contribution in [1.29, 1.82) is 5.39 Å². The second-order valence-electron chi connectivity index (χ2n) is 3.47. The molecule has 2 aliphatic rings. The van der Waals surface area contributed by atoms with Crippen LogP contribution in [-0.4, -0.2) is 26.9 Å². The first-order valence-corrected chi connectivity index (χ1v) is 5.79. The van der Waals surface area contributed by atoms with E-state index in [9.17, 15) is 9.35 Å². The Morgan fingerprint density at radius 3 is 2.93 bits per heavy atom. The zero-order valence-electron chi connectivity index (χ0n) is 7.51. The van der Waals surface area contributed by atoms with E-state index in [0.717, 1.165) is 25.7 Å². The van der Waals surface area contributed by atoms with Gasteiger partial charge in [-0.25, -0.2) is 4.79 Å². The standard InChI is InChI=1S/C8H10N2O3S/c9-10-7-8(11)13-5-3-1-2-4-6(5)14(7)12/h5-6H,1-4H2/t5-,6-,14?/m0/s1. The minimum Gasteiger partial charge on any atom is -0.797 e. The second-order valence-corrected chi connectivity index (χ2v) is 5.06. The Labute approximate surface area is 83.8 Å². The summed E-state index contributed by atoms with van der Waals surface area (Å²) in [6.07, 6.45) is 3.27. The van der Waals surface area contributed by atoms with Gasteiger partial charge in [-0.05, 0) is 19.3 Å². The fourth-order valence-electron chi connectivity index (χ4n) is 1.94. The highest BCUT2D eigenvalue weighted by molar-refractivity contribution is 8.12. The Morgan fingerprint density at radius 1 is 1.50 bits per heavy atom. The molecule has 2 rings (SSSR count). The normalized spacial score (nSPS) is 37.0. The highest BCUT2D eigenvalue weighted by atomic mass is 32.2. The molecule has 1 heterocycles. The predicted molar refractivity (Wildman–Crippen MR) is 50.6 cm³/mol. The molecule has 0 spiro atoms. The summed E-state index contributed by atoms with van der Waals surface area (Å²) >= 11 is 0. The summed E-state index contributed by atoms with van der Waals surface area (Å²) in [6.45, 7) is 0. The van der Waals surface area contributed by atoms with E-state index >= 15 is 0 Å². The van der Waals surface area contributed by atoms with E-state index < -0.39 is 16.7 Å². The van der Waals surface area contributed by atoms with Gasteiger partial charge in [0.15, 0.2) is 4.98 Å². The van der Waals surface area contributed by atoms with Crippen molar-refractivity contribution >= 4 is 21.7 Å². The SMILES string of the molecule is N#[N+]C1=S([O-])[C@H]2CCCC[C@@H]2OC1=O. The average Bonchev–Trinajstić information content (AvgIpc) is 2.18. The Bertz CT molecular complexity index is 347. The van der Waals surface area contributed by atoms with Crippen molar-refractivity contribution in [3.63, 3.8) is 0 Å². The molecule has 1 aliphatic carbocycles. The van der Waals surface area contributed by atoms with Crippen LogP contribution >= 0.6 is 10.8 Å². The average molecular weight is 214 g/mol. The molecule has 76 valence electrons. The highest BCUT2D eigenvalue weighted by Crippen LogP contribution is 2.37. The molecule has 1 saturated carbocycles. The van der Waals surface area contributed by atoms with Crippen molar-refractivity contribution in [3.05, 3.63) is 4.98 Å². The van der Waals surface area contributed by atoms with Crippen molar-refractivity contribution in [3.8, 4) is 0 Å². The Morgan fingerprint density at radius 2 is 2.21 bits per heavy atom. The minimum atomic E-state index is -1.50. The first kappa shape index (κ1) is 9.62. The molecule has 1 aliphatic heterocycles. The first-order chi connectivity index (χ1) is 6.74. The largest absolute Gasteiger partial charge is 0.797 e. The molecule has 1 unspecified atom stereocenters. The molecule has 5 nitrogen and oxygen atoms in total. The van der Waals surface area contributed by atoms with Gasteiger partial charge in [-0.2, -0.15) is 10.8 Å². The maximum Gasteiger partial charge on any atom is 0.480 e. The topological polar surface area (TPSA) is 77.5 Å². The zero-order valence-corrected chi connectivity index (χ0v) is 8.33. The third kappa shape index (κ3) is 1.42. The Hall–Kier alpha value is -0.930. The van der Waals surface area contributed by atoms with Crippen LogP contribution in [0.25, 0.3) is 4.98 Å². The van der Waals surface area contributed by atoms with Gasteiger partial charge < -0.3 is 9.29 Å². The number of diazo groups is 1. The molecular weight excluding hydrogens is 204 g/mol. The van der Waals surface area contributed by atoms with Crippen LogP contribution in [0.15, 0.2) is 0 Å². The first-order valence-electron chi connectivity index (χ1n) is 4.57. The van der Waals surface area contributed by atoms with Crippen LogP contribution in [0, 0.1) is 5.39 Å². The summed E-state index contributed by atoms with van der Waals surface area (Å²) in [4.78, 5) is 13.6. The Kier molecular flexibility index (Phi) is 2.52. The van der Waals surface area contributed by atoms with E-state index in [1.807, 2.05) is 0 Å². The number of nitrogens with zero attached hydrogens (tertiary/aromatic N) is 2. The minimum absolute atomic E-state index is 0.174. The van der Waals surface area contributed by atoms with Crippen molar-refractivity contribution in [2.75, 3.05) is 0 Å². The number of hydrogen-bond acceptors (Lipinski definition) is 4. The second kappa shape index (κ2) is 3.67. The monoisotopic (exact) mass is 214 g/mol. The summed E-state index contributed by atoms with van der Waals surface area (Å²) in [5.74, 6) is -0.742. The third-order valence-electron chi connectivity index (χ3n) is 2.63. The van der Waals surface area contributed by atoms with Crippen molar-refractivity contribution in [2.24, 2.45) is 0 Å². The van der Waals surface area contributed by atoms with Gasteiger partial charge in [-0.15, -0.1) is 0 Å². The molecule has 1 fully saturated rings. The maximum absolute atomic E-state index is 11.7. The number of esters is 1. The van der Waals surface area contributed by atoms with Gasteiger partial charge >= 0.3 is 11.0 Å². The van der Waals surface area contributed by atoms with Crippen molar-refractivity contribution in [1.82, 2.24) is 0 Å². The number of hydrogen-bond donors (Lipinski definition) is 0. The van der Waals surface area contributed by atoms with Gasteiger partial charge in [0.1, 0.15) is 6.10 Å². The van der Waals surface area contributed by atoms with Crippen LogP contribution in [0.1, 0.15) is 25.7 Å². The lowest BCUT2D eigenvalue weighted by Crippen LogP contribution is -2.40. The van der Waals surface area contributed by atoms with Gasteiger partial charge in [-0.1, -0.05) is 6.42 Å². The van der Waals surface area contributed by atoms with Crippen LogP contribution in [0.2, 0.25) is 0 Å². The lowest BCUT2D eigenvalue weighted by atomic mass is 9.97. The van der Waals surface area contributed by atoms with Crippen molar-refractivity contribution in [2.45, 2.75) is 37.0 Å². The number of rotatable bonds is 0. The fourth-order valence-corrected chi connectivity index (χ4v) is 3.36. The van der Waals surface area contributed by atoms with Crippen LogP contribution in [0.5, 0.6) is 0 Å². The number of carbonyl (C=O) groups excluding carboxylic acids is 1. The number of carbonyl (C=O) groups is 1. The van der Waals surface area contributed by atoms with Crippen molar-refractivity contribution < 1.29 is 14.1 Å². The number of fused-ring (bicyclic) bond motifs is 1. The molecule has 0 aromatic heterocycles. The molecule has 0 N–H and O–H groups in total. The van der Waals surface area contributed by atoms with E-state index in [1.54, 1.807) is 0 Å². The molecular formula is C8H10N2O3S. The fraction of sp³-hybridized carbons (Fsp3) is 0.750. The lowest BCUT2D eigenvalue weighted by molar-refractivity contribution is -0.141. The third-order valence-corrected chi connectivity index (χ3v) is 4.35. The molecule has 0 radical (unpaired) electrons. The van der Waals surface area contributed by atoms with Gasteiger partial charge in [0.25, 0.3) is 0 Å². The van der Waals surface area contributed by atoms with Crippen LogP contribution in [0.4, 0.5) is 0 Å². The van der Waals surface area contributed by atoms with E-state index in [4.69, 9.17) is 10.1 Å². The smallest absolute Gasteiger partial charge is 0.480 e. The molecule has 0 aromatic rings.